The molecule has 3 heteroatoms. The zero-order chi connectivity index (χ0) is 10.6. The SMILES string of the molecule is C=CCCC(=O)N1CCC(O)C(C)C1. The summed E-state index contributed by atoms with van der Waals surface area (Å²) < 4.78 is 0. The Balaban J connectivity index is 2.38. The summed E-state index contributed by atoms with van der Waals surface area (Å²) in [6, 6.07) is 0. The number of nitrogens with zero attached hydrogens (tertiary/aromatic N) is 1. The van der Waals surface area contributed by atoms with Crippen LogP contribution in [0.5, 0.6) is 0 Å². The first kappa shape index (κ1) is 11.2. The van der Waals surface area contributed by atoms with Crippen LogP contribution in [0.4, 0.5) is 0 Å². The molecule has 0 aromatic heterocycles. The molecule has 0 saturated carbocycles. The molecule has 0 aliphatic carbocycles. The maximum Gasteiger partial charge on any atom is 0.222 e. The van der Waals surface area contributed by atoms with Gasteiger partial charge in [0.2, 0.25) is 5.91 Å². The summed E-state index contributed by atoms with van der Waals surface area (Å²) in [6.07, 6.45) is 3.53. The van der Waals surface area contributed by atoms with Gasteiger partial charge < -0.3 is 10.0 Å². The van der Waals surface area contributed by atoms with Crippen LogP contribution in [-0.4, -0.2) is 35.1 Å². The molecular formula is C11H19NO2. The van der Waals surface area contributed by atoms with E-state index in [2.05, 4.69) is 6.58 Å². The Morgan fingerprint density at radius 1 is 1.71 bits per heavy atom. The van der Waals surface area contributed by atoms with Gasteiger partial charge in [-0.05, 0) is 18.8 Å². The van der Waals surface area contributed by atoms with Crippen LogP contribution in [0.3, 0.4) is 0 Å². The van der Waals surface area contributed by atoms with E-state index < -0.39 is 0 Å². The molecule has 2 atom stereocenters. The third-order valence-corrected chi connectivity index (χ3v) is 2.78. The van der Waals surface area contributed by atoms with Crippen molar-refractivity contribution in [1.29, 1.82) is 0 Å². The van der Waals surface area contributed by atoms with Crippen molar-refractivity contribution in [3.63, 3.8) is 0 Å². The molecule has 0 bridgehead atoms. The number of rotatable bonds is 3. The summed E-state index contributed by atoms with van der Waals surface area (Å²) in [6.45, 7) is 6.97. The van der Waals surface area contributed by atoms with E-state index in [1.54, 1.807) is 6.08 Å². The van der Waals surface area contributed by atoms with Gasteiger partial charge in [0.05, 0.1) is 6.10 Å². The average Bonchev–Trinajstić information content (AvgIpc) is 2.18. The maximum absolute atomic E-state index is 11.6. The first-order valence-corrected chi connectivity index (χ1v) is 5.22. The fraction of sp³-hybridized carbons (Fsp3) is 0.727. The zero-order valence-electron chi connectivity index (χ0n) is 8.78. The minimum absolute atomic E-state index is 0.184. The number of aliphatic hydroxyl groups excluding tert-OH is 1. The molecule has 1 saturated heterocycles. The lowest BCUT2D eigenvalue weighted by atomic mass is 9.96. The number of carbonyl (C=O) groups is 1. The topological polar surface area (TPSA) is 40.5 Å². The number of likely N-dealkylation sites (tertiary alicyclic amines) is 1. The fourth-order valence-corrected chi connectivity index (χ4v) is 1.74. The van der Waals surface area contributed by atoms with Crippen LogP contribution < -0.4 is 0 Å². The number of carbonyl (C=O) groups excluding carboxylic acids is 1. The molecule has 0 aromatic rings. The van der Waals surface area contributed by atoms with E-state index in [0.29, 0.717) is 25.9 Å². The van der Waals surface area contributed by atoms with Crippen molar-refractivity contribution in [2.45, 2.75) is 32.3 Å². The van der Waals surface area contributed by atoms with E-state index >= 15 is 0 Å². The number of piperidine rings is 1. The van der Waals surface area contributed by atoms with E-state index in [-0.39, 0.29) is 17.9 Å². The highest BCUT2D eigenvalue weighted by atomic mass is 16.3. The van der Waals surface area contributed by atoms with Crippen LogP contribution >= 0.6 is 0 Å². The molecule has 0 spiro atoms. The molecule has 0 aromatic carbocycles. The highest BCUT2D eigenvalue weighted by Crippen LogP contribution is 2.17. The molecule has 2 unspecified atom stereocenters. The predicted octanol–water partition coefficient (Wildman–Crippen LogP) is 1.18. The lowest BCUT2D eigenvalue weighted by Gasteiger charge is -2.34. The molecule has 14 heavy (non-hydrogen) atoms. The average molecular weight is 197 g/mol. The molecule has 1 rings (SSSR count). The number of amides is 1. The van der Waals surface area contributed by atoms with Gasteiger partial charge in [0.1, 0.15) is 0 Å². The van der Waals surface area contributed by atoms with Crippen LogP contribution in [0.25, 0.3) is 0 Å². The van der Waals surface area contributed by atoms with E-state index in [9.17, 15) is 9.90 Å². The maximum atomic E-state index is 11.6. The third kappa shape index (κ3) is 2.84. The van der Waals surface area contributed by atoms with Crippen molar-refractivity contribution < 1.29 is 9.90 Å². The monoisotopic (exact) mass is 197 g/mol. The highest BCUT2D eigenvalue weighted by molar-refractivity contribution is 5.76. The first-order chi connectivity index (χ1) is 6.65. The summed E-state index contributed by atoms with van der Waals surface area (Å²) in [5.74, 6) is 0.389. The van der Waals surface area contributed by atoms with Crippen molar-refractivity contribution in [3.8, 4) is 0 Å². The van der Waals surface area contributed by atoms with Crippen molar-refractivity contribution >= 4 is 5.91 Å². The molecule has 1 fully saturated rings. The first-order valence-electron chi connectivity index (χ1n) is 5.22. The van der Waals surface area contributed by atoms with Gasteiger partial charge >= 0.3 is 0 Å². The van der Waals surface area contributed by atoms with Gasteiger partial charge in [0.15, 0.2) is 0 Å². The van der Waals surface area contributed by atoms with Gasteiger partial charge in [-0.3, -0.25) is 4.79 Å². The summed E-state index contributed by atoms with van der Waals surface area (Å²) in [4.78, 5) is 13.5. The lowest BCUT2D eigenvalue weighted by molar-refractivity contribution is -0.134. The van der Waals surface area contributed by atoms with Gasteiger partial charge in [-0.1, -0.05) is 13.0 Å². The number of hydrogen-bond donors (Lipinski definition) is 1. The highest BCUT2D eigenvalue weighted by Gasteiger charge is 2.26. The molecule has 1 aliphatic heterocycles. The van der Waals surface area contributed by atoms with Crippen molar-refractivity contribution in [1.82, 2.24) is 4.90 Å². The summed E-state index contributed by atoms with van der Waals surface area (Å²) in [5, 5.41) is 9.50. The molecule has 0 radical (unpaired) electrons. The van der Waals surface area contributed by atoms with E-state index in [4.69, 9.17) is 0 Å². The molecule has 3 nitrogen and oxygen atoms in total. The molecule has 1 aliphatic rings. The molecule has 1 N–H and O–H groups in total. The van der Waals surface area contributed by atoms with Gasteiger partial charge in [0, 0.05) is 19.5 Å². The number of allylic oxidation sites excluding steroid dienone is 1. The van der Waals surface area contributed by atoms with Crippen LogP contribution in [0.15, 0.2) is 12.7 Å². The van der Waals surface area contributed by atoms with Crippen molar-refractivity contribution in [3.05, 3.63) is 12.7 Å². The van der Waals surface area contributed by atoms with Gasteiger partial charge in [-0.25, -0.2) is 0 Å². The van der Waals surface area contributed by atoms with Gasteiger partial charge in [-0.2, -0.15) is 0 Å². The van der Waals surface area contributed by atoms with Crippen LogP contribution in [0.1, 0.15) is 26.2 Å². The lowest BCUT2D eigenvalue weighted by Crippen LogP contribution is -2.44. The Hall–Kier alpha value is -0.830. The summed E-state index contributed by atoms with van der Waals surface area (Å²) >= 11 is 0. The van der Waals surface area contributed by atoms with Gasteiger partial charge in [0.25, 0.3) is 0 Å². The minimum Gasteiger partial charge on any atom is -0.393 e. The standard InChI is InChI=1S/C11H19NO2/c1-3-4-5-11(14)12-7-6-10(13)9(2)8-12/h3,9-10,13H,1,4-8H2,2H3. The molecular weight excluding hydrogens is 178 g/mol. The Morgan fingerprint density at radius 3 is 3.00 bits per heavy atom. The fourth-order valence-electron chi connectivity index (χ4n) is 1.74. The van der Waals surface area contributed by atoms with Crippen LogP contribution in [0.2, 0.25) is 0 Å². The number of aliphatic hydroxyl groups is 1. The third-order valence-electron chi connectivity index (χ3n) is 2.78. The molecule has 80 valence electrons. The Labute approximate surface area is 85.4 Å². The molecule has 1 heterocycles. The Kier molecular flexibility index (Phi) is 4.14. The predicted molar refractivity (Wildman–Crippen MR) is 55.8 cm³/mol. The second-order valence-electron chi connectivity index (χ2n) is 4.00. The summed E-state index contributed by atoms with van der Waals surface area (Å²) in [5.41, 5.74) is 0. The van der Waals surface area contributed by atoms with Crippen molar-refractivity contribution in [2.24, 2.45) is 5.92 Å². The summed E-state index contributed by atoms with van der Waals surface area (Å²) in [7, 11) is 0. The second kappa shape index (κ2) is 5.15. The van der Waals surface area contributed by atoms with Crippen molar-refractivity contribution in [2.75, 3.05) is 13.1 Å². The van der Waals surface area contributed by atoms with E-state index in [1.165, 1.54) is 0 Å². The number of hydrogen-bond acceptors (Lipinski definition) is 2. The van der Waals surface area contributed by atoms with Crippen LogP contribution in [-0.2, 0) is 4.79 Å². The Bertz CT molecular complexity index is 215. The Morgan fingerprint density at radius 2 is 2.43 bits per heavy atom. The zero-order valence-corrected chi connectivity index (χ0v) is 8.78. The minimum atomic E-state index is -0.238. The normalized spacial score (nSPS) is 27.4. The van der Waals surface area contributed by atoms with E-state index in [0.717, 1.165) is 6.42 Å². The quantitative estimate of drug-likeness (QED) is 0.690. The van der Waals surface area contributed by atoms with E-state index in [1.807, 2.05) is 11.8 Å². The van der Waals surface area contributed by atoms with Gasteiger partial charge in [-0.15, -0.1) is 6.58 Å². The van der Waals surface area contributed by atoms with Crippen LogP contribution in [0, 0.1) is 5.92 Å². The largest absolute Gasteiger partial charge is 0.393 e. The molecule has 1 amide bonds. The second-order valence-corrected chi connectivity index (χ2v) is 4.00. The smallest absolute Gasteiger partial charge is 0.222 e.